The summed E-state index contributed by atoms with van der Waals surface area (Å²) in [5.41, 5.74) is 2.08. The molecule has 0 saturated carbocycles. The number of aliphatic hydroxyl groups excluding tert-OH is 1. The Kier molecular flexibility index (Phi) is 8.98. The van der Waals surface area contributed by atoms with Crippen molar-refractivity contribution in [2.75, 3.05) is 0 Å². The van der Waals surface area contributed by atoms with Crippen molar-refractivity contribution in [2.45, 2.75) is 47.6 Å². The molecule has 0 amide bonds. The monoisotopic (exact) mass is 284 g/mol. The van der Waals surface area contributed by atoms with E-state index in [4.69, 9.17) is 0 Å². The van der Waals surface area contributed by atoms with Crippen molar-refractivity contribution in [1.82, 2.24) is 0 Å². The van der Waals surface area contributed by atoms with Gasteiger partial charge >= 0.3 is 0 Å². The Hall–Kier alpha value is -0.640. The summed E-state index contributed by atoms with van der Waals surface area (Å²) in [6, 6.07) is 4.00. The molecule has 0 radical (unpaired) electrons. The van der Waals surface area contributed by atoms with E-state index in [1.54, 1.807) is 22.7 Å². The first-order valence-electron chi connectivity index (χ1n) is 6.46. The molecule has 2 heterocycles. The Morgan fingerprint density at radius 1 is 0.833 bits per heavy atom. The van der Waals surface area contributed by atoms with Crippen molar-refractivity contribution in [3.8, 4) is 0 Å². The number of rotatable bonds is 2. The summed E-state index contributed by atoms with van der Waals surface area (Å²) in [4.78, 5) is 2.39. The molecule has 0 aromatic carbocycles. The predicted octanol–water partition coefficient (Wildman–Crippen LogP) is 5.56. The largest absolute Gasteiger partial charge is 0.384 e. The molecule has 0 aliphatic carbocycles. The minimum atomic E-state index is -0.451. The molecule has 1 N–H and O–H groups in total. The summed E-state index contributed by atoms with van der Waals surface area (Å²) in [5, 5.41) is 14.2. The zero-order chi connectivity index (χ0) is 14.1. The van der Waals surface area contributed by atoms with Crippen LogP contribution in [0, 0.1) is 13.8 Å². The second kappa shape index (κ2) is 9.31. The molecule has 0 saturated heterocycles. The minimum absolute atomic E-state index is 0.451. The zero-order valence-electron chi connectivity index (χ0n) is 12.2. The summed E-state index contributed by atoms with van der Waals surface area (Å²) < 4.78 is 0. The van der Waals surface area contributed by atoms with E-state index in [0.29, 0.717) is 0 Å². The van der Waals surface area contributed by atoms with E-state index in [1.165, 1.54) is 9.75 Å². The molecule has 2 aromatic rings. The molecular formula is C15H24OS2. The maximum Gasteiger partial charge on any atom is 0.106 e. The van der Waals surface area contributed by atoms with Crippen molar-refractivity contribution in [1.29, 1.82) is 0 Å². The molecule has 0 aliphatic rings. The second-order valence-electron chi connectivity index (χ2n) is 3.27. The van der Waals surface area contributed by atoms with Crippen LogP contribution in [0.4, 0.5) is 0 Å². The van der Waals surface area contributed by atoms with E-state index in [-0.39, 0.29) is 0 Å². The number of hydrogen-bond donors (Lipinski definition) is 1. The van der Waals surface area contributed by atoms with Gasteiger partial charge in [0.2, 0.25) is 0 Å². The van der Waals surface area contributed by atoms with Gasteiger partial charge in [-0.15, -0.1) is 22.7 Å². The van der Waals surface area contributed by atoms with E-state index in [9.17, 15) is 5.11 Å². The molecule has 0 fully saturated rings. The SMILES string of the molecule is CC.CC.Cc1sccc1C(O)c1ccsc1C. The lowest BCUT2D eigenvalue weighted by atomic mass is 10.0. The van der Waals surface area contributed by atoms with E-state index in [2.05, 4.69) is 0 Å². The first-order chi connectivity index (χ1) is 8.70. The summed E-state index contributed by atoms with van der Waals surface area (Å²) >= 11 is 3.36. The van der Waals surface area contributed by atoms with Gasteiger partial charge < -0.3 is 5.11 Å². The number of aliphatic hydroxyl groups is 1. The predicted molar refractivity (Wildman–Crippen MR) is 84.9 cm³/mol. The van der Waals surface area contributed by atoms with Crippen LogP contribution in [0.1, 0.15) is 54.7 Å². The third kappa shape index (κ3) is 4.23. The molecule has 102 valence electrons. The highest BCUT2D eigenvalue weighted by molar-refractivity contribution is 7.10. The average molecular weight is 284 g/mol. The van der Waals surface area contributed by atoms with Crippen molar-refractivity contribution in [2.24, 2.45) is 0 Å². The molecule has 3 heteroatoms. The molecular weight excluding hydrogens is 260 g/mol. The lowest BCUT2D eigenvalue weighted by molar-refractivity contribution is 0.220. The smallest absolute Gasteiger partial charge is 0.106 e. The fraction of sp³-hybridized carbons (Fsp3) is 0.467. The highest BCUT2D eigenvalue weighted by atomic mass is 32.1. The normalized spacial score (nSPS) is 9.33. The van der Waals surface area contributed by atoms with Gasteiger partial charge in [-0.05, 0) is 47.9 Å². The van der Waals surface area contributed by atoms with Gasteiger partial charge in [0.1, 0.15) is 6.10 Å². The van der Waals surface area contributed by atoms with Gasteiger partial charge in [-0.25, -0.2) is 0 Å². The van der Waals surface area contributed by atoms with Crippen LogP contribution < -0.4 is 0 Å². The van der Waals surface area contributed by atoms with E-state index < -0.39 is 6.10 Å². The van der Waals surface area contributed by atoms with Crippen LogP contribution in [0.5, 0.6) is 0 Å². The standard InChI is InChI=1S/C11H12OS2.2C2H6/c1-7-9(3-5-13-7)11(12)10-4-6-14-8(10)2;2*1-2/h3-6,11-12H,1-2H3;2*1-2H3. The molecule has 1 nitrogen and oxygen atoms in total. The molecule has 0 spiro atoms. The number of hydrogen-bond acceptors (Lipinski definition) is 3. The van der Waals surface area contributed by atoms with Crippen molar-refractivity contribution in [3.05, 3.63) is 43.8 Å². The molecule has 18 heavy (non-hydrogen) atoms. The van der Waals surface area contributed by atoms with Gasteiger partial charge in [-0.2, -0.15) is 0 Å². The summed E-state index contributed by atoms with van der Waals surface area (Å²) in [6.45, 7) is 12.1. The third-order valence-corrected chi connectivity index (χ3v) is 4.11. The zero-order valence-corrected chi connectivity index (χ0v) is 13.8. The first-order valence-corrected chi connectivity index (χ1v) is 8.22. The fourth-order valence-corrected chi connectivity index (χ4v) is 2.99. The molecule has 2 aromatic heterocycles. The van der Waals surface area contributed by atoms with Crippen molar-refractivity contribution < 1.29 is 5.11 Å². The molecule has 0 atom stereocenters. The van der Waals surface area contributed by atoms with E-state index >= 15 is 0 Å². The van der Waals surface area contributed by atoms with Gasteiger partial charge in [0, 0.05) is 9.75 Å². The van der Waals surface area contributed by atoms with Crippen LogP contribution in [0.2, 0.25) is 0 Å². The van der Waals surface area contributed by atoms with Crippen molar-refractivity contribution in [3.63, 3.8) is 0 Å². The molecule has 0 unspecified atom stereocenters. The quantitative estimate of drug-likeness (QED) is 0.765. The maximum atomic E-state index is 10.1. The highest BCUT2D eigenvalue weighted by Crippen LogP contribution is 2.31. The maximum absolute atomic E-state index is 10.1. The van der Waals surface area contributed by atoms with Crippen LogP contribution in [-0.2, 0) is 0 Å². The summed E-state index contributed by atoms with van der Waals surface area (Å²) in [6.07, 6.45) is -0.451. The van der Waals surface area contributed by atoms with E-state index in [1.807, 2.05) is 64.4 Å². The Labute approximate surface area is 119 Å². The molecule has 0 bridgehead atoms. The Balaban J connectivity index is 0.000000659. The summed E-state index contributed by atoms with van der Waals surface area (Å²) in [5.74, 6) is 0. The lowest BCUT2D eigenvalue weighted by Gasteiger charge is -2.09. The van der Waals surface area contributed by atoms with Crippen LogP contribution in [0.25, 0.3) is 0 Å². The van der Waals surface area contributed by atoms with Gasteiger partial charge in [-0.3, -0.25) is 0 Å². The Bertz CT molecular complexity index is 389. The Morgan fingerprint density at radius 2 is 1.17 bits per heavy atom. The summed E-state index contributed by atoms with van der Waals surface area (Å²) in [7, 11) is 0. The average Bonchev–Trinajstić information content (AvgIpc) is 3.02. The Morgan fingerprint density at radius 3 is 1.39 bits per heavy atom. The van der Waals surface area contributed by atoms with Gasteiger partial charge in [0.15, 0.2) is 0 Å². The first kappa shape index (κ1) is 17.4. The number of aryl methyl sites for hydroxylation is 2. The molecule has 2 rings (SSSR count). The van der Waals surface area contributed by atoms with Gasteiger partial charge in [0.25, 0.3) is 0 Å². The van der Waals surface area contributed by atoms with Crippen molar-refractivity contribution >= 4 is 22.7 Å². The number of thiophene rings is 2. The lowest BCUT2D eigenvalue weighted by Crippen LogP contribution is -1.99. The highest BCUT2D eigenvalue weighted by Gasteiger charge is 2.16. The van der Waals surface area contributed by atoms with Crippen LogP contribution in [-0.4, -0.2) is 5.11 Å². The van der Waals surface area contributed by atoms with Gasteiger partial charge in [0.05, 0.1) is 0 Å². The molecule has 0 aliphatic heterocycles. The van der Waals surface area contributed by atoms with Crippen LogP contribution >= 0.6 is 22.7 Å². The van der Waals surface area contributed by atoms with Crippen LogP contribution in [0.3, 0.4) is 0 Å². The third-order valence-electron chi connectivity index (χ3n) is 2.39. The van der Waals surface area contributed by atoms with Crippen LogP contribution in [0.15, 0.2) is 22.9 Å². The van der Waals surface area contributed by atoms with Gasteiger partial charge in [-0.1, -0.05) is 27.7 Å². The topological polar surface area (TPSA) is 20.2 Å². The second-order valence-corrected chi connectivity index (χ2v) is 5.51. The van der Waals surface area contributed by atoms with E-state index in [0.717, 1.165) is 11.1 Å². The minimum Gasteiger partial charge on any atom is -0.384 e. The fourth-order valence-electron chi connectivity index (χ4n) is 1.52.